The molecule has 2 aliphatic rings. The molecule has 2 aliphatic heterocycles. The van der Waals surface area contributed by atoms with Crippen LogP contribution in [0.2, 0.25) is 0 Å². The predicted molar refractivity (Wildman–Crippen MR) is 107 cm³/mol. The van der Waals surface area contributed by atoms with E-state index in [2.05, 4.69) is 5.16 Å². The summed E-state index contributed by atoms with van der Waals surface area (Å²) in [7, 11) is 0. The minimum atomic E-state index is -0.933. The van der Waals surface area contributed by atoms with Crippen LogP contribution in [-0.2, 0) is 17.8 Å². The number of hydrogen-bond acceptors (Lipinski definition) is 5. The standard InChI is InChI=1S/C23H18FN3O4/c1-13(27-22(29)16-4-2-3-5-17(16)23(27)30)21(28)26-11-10-18-19(12-26)25-31-20(18)14-6-8-15(24)9-7-14/h2-9,13H,10-12H2,1H3. The maximum absolute atomic E-state index is 13.2. The molecule has 0 aliphatic carbocycles. The fraction of sp³-hybridized carbons (Fsp3) is 0.217. The Bertz CT molecular complexity index is 1180. The van der Waals surface area contributed by atoms with E-state index in [1.54, 1.807) is 48.2 Å². The van der Waals surface area contributed by atoms with E-state index in [4.69, 9.17) is 4.52 Å². The molecule has 0 fully saturated rings. The summed E-state index contributed by atoms with van der Waals surface area (Å²) in [6, 6.07) is 11.6. The van der Waals surface area contributed by atoms with Crippen molar-refractivity contribution in [2.75, 3.05) is 6.54 Å². The van der Waals surface area contributed by atoms with Gasteiger partial charge in [-0.25, -0.2) is 4.39 Å². The summed E-state index contributed by atoms with van der Waals surface area (Å²) in [6.07, 6.45) is 0.506. The Balaban J connectivity index is 1.35. The molecule has 0 saturated carbocycles. The second-order valence-electron chi connectivity index (χ2n) is 7.66. The van der Waals surface area contributed by atoms with E-state index in [1.165, 1.54) is 12.1 Å². The molecule has 1 aromatic heterocycles. The highest BCUT2D eigenvalue weighted by Gasteiger charge is 2.42. The number of nitrogens with zero attached hydrogens (tertiary/aromatic N) is 3. The predicted octanol–water partition coefficient (Wildman–Crippen LogP) is 3.05. The number of amides is 3. The first kappa shape index (κ1) is 19.2. The van der Waals surface area contributed by atoms with Gasteiger partial charge < -0.3 is 9.42 Å². The van der Waals surface area contributed by atoms with Crippen molar-refractivity contribution in [1.82, 2.24) is 15.0 Å². The molecule has 3 heterocycles. The Morgan fingerprint density at radius 2 is 1.71 bits per heavy atom. The maximum Gasteiger partial charge on any atom is 0.262 e. The van der Waals surface area contributed by atoms with Gasteiger partial charge in [0.05, 0.1) is 17.7 Å². The van der Waals surface area contributed by atoms with E-state index >= 15 is 0 Å². The fourth-order valence-electron chi connectivity index (χ4n) is 4.18. The Kier molecular flexibility index (Phi) is 4.43. The number of fused-ring (bicyclic) bond motifs is 2. The van der Waals surface area contributed by atoms with Crippen molar-refractivity contribution in [3.8, 4) is 11.3 Å². The molecule has 31 heavy (non-hydrogen) atoms. The van der Waals surface area contributed by atoms with E-state index in [1.807, 2.05) is 0 Å². The van der Waals surface area contributed by atoms with E-state index in [-0.39, 0.29) is 18.3 Å². The molecule has 0 bridgehead atoms. The van der Waals surface area contributed by atoms with Crippen molar-refractivity contribution in [2.45, 2.75) is 25.9 Å². The molecule has 1 atom stereocenters. The lowest BCUT2D eigenvalue weighted by Crippen LogP contribution is -2.50. The summed E-state index contributed by atoms with van der Waals surface area (Å²) < 4.78 is 18.7. The van der Waals surface area contributed by atoms with Gasteiger partial charge in [0.1, 0.15) is 17.6 Å². The van der Waals surface area contributed by atoms with Gasteiger partial charge in [-0.1, -0.05) is 17.3 Å². The van der Waals surface area contributed by atoms with Gasteiger partial charge in [-0.2, -0.15) is 0 Å². The lowest BCUT2D eigenvalue weighted by molar-refractivity contribution is -0.135. The zero-order valence-corrected chi connectivity index (χ0v) is 16.7. The van der Waals surface area contributed by atoms with Crippen molar-refractivity contribution in [3.05, 3.63) is 76.7 Å². The van der Waals surface area contributed by atoms with Crippen LogP contribution in [0, 0.1) is 5.82 Å². The third kappa shape index (κ3) is 3.02. The maximum atomic E-state index is 13.2. The number of carbonyl (C=O) groups excluding carboxylic acids is 3. The van der Waals surface area contributed by atoms with E-state index in [0.717, 1.165) is 10.5 Å². The number of imide groups is 1. The molecule has 0 saturated heterocycles. The van der Waals surface area contributed by atoms with Gasteiger partial charge in [0.2, 0.25) is 5.91 Å². The summed E-state index contributed by atoms with van der Waals surface area (Å²) in [4.78, 5) is 41.1. The largest absolute Gasteiger partial charge is 0.356 e. The summed E-state index contributed by atoms with van der Waals surface area (Å²) in [5.41, 5.74) is 2.84. The average Bonchev–Trinajstić information content (AvgIpc) is 3.32. The highest BCUT2D eigenvalue weighted by Crippen LogP contribution is 2.31. The molecule has 8 heteroatoms. The molecule has 7 nitrogen and oxygen atoms in total. The quantitative estimate of drug-likeness (QED) is 0.610. The molecule has 3 aromatic rings. The Labute approximate surface area is 177 Å². The number of aromatic nitrogens is 1. The number of halogens is 1. The Morgan fingerprint density at radius 1 is 1.06 bits per heavy atom. The average molecular weight is 419 g/mol. The van der Waals surface area contributed by atoms with Gasteiger partial charge in [0, 0.05) is 17.7 Å². The zero-order valence-electron chi connectivity index (χ0n) is 16.7. The molecule has 0 N–H and O–H groups in total. The van der Waals surface area contributed by atoms with Crippen LogP contribution in [0.15, 0.2) is 53.1 Å². The number of rotatable bonds is 3. The van der Waals surface area contributed by atoms with Crippen LogP contribution in [0.1, 0.15) is 38.9 Å². The van der Waals surface area contributed by atoms with Crippen LogP contribution in [-0.4, -0.2) is 45.3 Å². The third-order valence-corrected chi connectivity index (χ3v) is 5.83. The minimum absolute atomic E-state index is 0.215. The summed E-state index contributed by atoms with van der Waals surface area (Å²) in [5, 5.41) is 4.10. The highest BCUT2D eigenvalue weighted by atomic mass is 19.1. The lowest BCUT2D eigenvalue weighted by atomic mass is 10.00. The SMILES string of the molecule is CC(C(=O)N1CCc2c(noc2-c2ccc(F)cc2)C1)N1C(=O)c2ccccc2C1=O. The molecule has 156 valence electrons. The lowest BCUT2D eigenvalue weighted by Gasteiger charge is -2.31. The van der Waals surface area contributed by atoms with Gasteiger partial charge in [0.15, 0.2) is 5.76 Å². The van der Waals surface area contributed by atoms with Crippen molar-refractivity contribution in [1.29, 1.82) is 0 Å². The molecule has 0 spiro atoms. The normalized spacial score (nSPS) is 16.3. The van der Waals surface area contributed by atoms with Crippen LogP contribution in [0.4, 0.5) is 4.39 Å². The van der Waals surface area contributed by atoms with Crippen molar-refractivity contribution in [2.24, 2.45) is 0 Å². The molecule has 2 aromatic carbocycles. The van der Waals surface area contributed by atoms with Crippen LogP contribution in [0.25, 0.3) is 11.3 Å². The number of benzene rings is 2. The Hall–Kier alpha value is -3.81. The molecule has 1 unspecified atom stereocenters. The van der Waals surface area contributed by atoms with E-state index in [9.17, 15) is 18.8 Å². The molecule has 3 amide bonds. The monoisotopic (exact) mass is 419 g/mol. The molecule has 0 radical (unpaired) electrons. The highest BCUT2D eigenvalue weighted by molar-refractivity contribution is 6.22. The number of hydrogen-bond donors (Lipinski definition) is 0. The van der Waals surface area contributed by atoms with E-state index in [0.29, 0.717) is 41.1 Å². The van der Waals surface area contributed by atoms with Gasteiger partial charge in [-0.15, -0.1) is 0 Å². The minimum Gasteiger partial charge on any atom is -0.356 e. The topological polar surface area (TPSA) is 83.7 Å². The fourth-order valence-corrected chi connectivity index (χ4v) is 4.18. The molecule has 5 rings (SSSR count). The molecular weight excluding hydrogens is 401 g/mol. The van der Waals surface area contributed by atoms with Gasteiger partial charge in [0.25, 0.3) is 11.8 Å². The van der Waals surface area contributed by atoms with Crippen LogP contribution >= 0.6 is 0 Å². The van der Waals surface area contributed by atoms with Gasteiger partial charge in [-0.3, -0.25) is 19.3 Å². The number of carbonyl (C=O) groups is 3. The first-order valence-corrected chi connectivity index (χ1v) is 9.94. The van der Waals surface area contributed by atoms with Crippen molar-refractivity contribution in [3.63, 3.8) is 0 Å². The smallest absolute Gasteiger partial charge is 0.262 e. The summed E-state index contributed by atoms with van der Waals surface area (Å²) in [5.74, 6) is -1.02. The van der Waals surface area contributed by atoms with Gasteiger partial charge >= 0.3 is 0 Å². The third-order valence-electron chi connectivity index (χ3n) is 5.83. The van der Waals surface area contributed by atoms with Crippen molar-refractivity contribution >= 4 is 17.7 Å². The summed E-state index contributed by atoms with van der Waals surface area (Å²) >= 11 is 0. The van der Waals surface area contributed by atoms with E-state index < -0.39 is 17.9 Å². The zero-order chi connectivity index (χ0) is 21.7. The Morgan fingerprint density at radius 3 is 2.35 bits per heavy atom. The van der Waals surface area contributed by atoms with Crippen LogP contribution in [0.3, 0.4) is 0 Å². The molecular formula is C23H18FN3O4. The van der Waals surface area contributed by atoms with Crippen LogP contribution in [0.5, 0.6) is 0 Å². The second kappa shape index (κ2) is 7.16. The first-order chi connectivity index (χ1) is 15.0. The second-order valence-corrected chi connectivity index (χ2v) is 7.66. The first-order valence-electron chi connectivity index (χ1n) is 9.94. The van der Waals surface area contributed by atoms with Crippen molar-refractivity contribution < 1.29 is 23.3 Å². The van der Waals surface area contributed by atoms with Crippen LogP contribution < -0.4 is 0 Å². The summed E-state index contributed by atoms with van der Waals surface area (Å²) in [6.45, 7) is 2.17. The van der Waals surface area contributed by atoms with Gasteiger partial charge in [-0.05, 0) is 49.7 Å².